The second-order valence-electron chi connectivity index (χ2n) is 0.598. The first-order valence-corrected chi connectivity index (χ1v) is 1.19. The minimum absolute atomic E-state index is 0. The number of carboxylic acid groups (broad SMARTS) is 1. The molecule has 5 N–H and O–H groups in total. The van der Waals surface area contributed by atoms with Crippen molar-refractivity contribution in [3.63, 3.8) is 0 Å². The Balaban J connectivity index is 0. The predicted molar refractivity (Wildman–Crippen MR) is 20.3 cm³/mol. The molecular formula is C2H7NO3. The maximum absolute atomic E-state index is 9.24. The maximum Gasteiger partial charge on any atom is 0.317 e. The predicted octanol–water partition coefficient (Wildman–Crippen LogP) is -1.79. The molecule has 0 saturated heterocycles. The smallest absolute Gasteiger partial charge is 0.317 e. The quantitative estimate of drug-likeness (QED) is 0.400. The Morgan fingerprint density at radius 2 is 2.00 bits per heavy atom. The van der Waals surface area contributed by atoms with Crippen LogP contribution in [0.3, 0.4) is 0 Å². The normalized spacial score (nSPS) is 6.17. The highest BCUT2D eigenvalue weighted by molar-refractivity contribution is 5.68. The van der Waals surface area contributed by atoms with E-state index in [0.29, 0.717) is 0 Å². The van der Waals surface area contributed by atoms with Gasteiger partial charge in [0.15, 0.2) is 0 Å². The minimum Gasteiger partial charge on any atom is -0.480 e. The van der Waals surface area contributed by atoms with E-state index in [1.807, 2.05) is 0 Å². The molecule has 6 heavy (non-hydrogen) atoms. The van der Waals surface area contributed by atoms with Gasteiger partial charge in [-0.2, -0.15) is 0 Å². The number of aliphatic carboxylic acids is 1. The lowest BCUT2D eigenvalue weighted by Crippen LogP contribution is -2.10. The summed E-state index contributed by atoms with van der Waals surface area (Å²) in [5, 5.41) is 7.60. The average molecular weight is 93.1 g/mol. The van der Waals surface area contributed by atoms with Crippen molar-refractivity contribution in [1.29, 1.82) is 0 Å². The standard InChI is InChI=1S/C2H5NO2.H2O/c3-1-2(4)5;/h1,3H2,(H,4,5);1H2. The van der Waals surface area contributed by atoms with Crippen LogP contribution in [-0.2, 0) is 4.79 Å². The van der Waals surface area contributed by atoms with Crippen LogP contribution in [0.2, 0.25) is 0 Å². The average Bonchev–Trinajstić information content (AvgIpc) is 1.38. The van der Waals surface area contributed by atoms with Gasteiger partial charge >= 0.3 is 5.97 Å². The lowest BCUT2D eigenvalue weighted by Gasteiger charge is -1.73. The fraction of sp³-hybridized carbons (Fsp3) is 0.500. The van der Waals surface area contributed by atoms with E-state index >= 15 is 0 Å². The number of nitrogens with two attached hydrogens (primary N) is 1. The van der Waals surface area contributed by atoms with Crippen molar-refractivity contribution in [3.05, 3.63) is 0 Å². The van der Waals surface area contributed by atoms with Crippen molar-refractivity contribution < 1.29 is 15.4 Å². The molecule has 0 aromatic heterocycles. The fourth-order valence-electron chi connectivity index (χ4n) is 0. The molecule has 4 nitrogen and oxygen atoms in total. The van der Waals surface area contributed by atoms with Gasteiger partial charge in [0, 0.05) is 0 Å². The third-order valence-electron chi connectivity index (χ3n) is 0.175. The topological polar surface area (TPSA) is 94.8 Å². The lowest BCUT2D eigenvalue weighted by molar-refractivity contribution is -0.135. The van der Waals surface area contributed by atoms with E-state index < -0.39 is 5.97 Å². The molecular weight excluding hydrogens is 86.0 g/mol. The Hall–Kier alpha value is -0.610. The molecule has 0 fully saturated rings. The molecule has 4 heteroatoms. The van der Waals surface area contributed by atoms with E-state index in [2.05, 4.69) is 5.73 Å². The highest BCUT2D eigenvalue weighted by Crippen LogP contribution is 1.43. The summed E-state index contributed by atoms with van der Waals surface area (Å²) in [7, 11) is 0. The minimum atomic E-state index is -0.968. The van der Waals surface area contributed by atoms with Gasteiger partial charge in [0.25, 0.3) is 0 Å². The fourth-order valence-corrected chi connectivity index (χ4v) is 0. The van der Waals surface area contributed by atoms with Crippen LogP contribution in [0.25, 0.3) is 0 Å². The molecule has 0 atom stereocenters. The molecule has 0 saturated carbocycles. The molecule has 38 valence electrons. The molecule has 0 bridgehead atoms. The summed E-state index contributed by atoms with van der Waals surface area (Å²) in [4.78, 5) is 9.24. The first kappa shape index (κ1) is 9.04. The molecule has 0 rings (SSSR count). The SMILES string of the molecule is NCC(=O)O.O. The van der Waals surface area contributed by atoms with Gasteiger partial charge in [-0.25, -0.2) is 0 Å². The summed E-state index contributed by atoms with van der Waals surface area (Å²) >= 11 is 0. The Morgan fingerprint density at radius 3 is 2.00 bits per heavy atom. The first-order chi connectivity index (χ1) is 2.27. The van der Waals surface area contributed by atoms with Crippen molar-refractivity contribution in [1.82, 2.24) is 0 Å². The van der Waals surface area contributed by atoms with Gasteiger partial charge in [0.1, 0.15) is 0 Å². The number of carbonyl (C=O) groups is 1. The van der Waals surface area contributed by atoms with Gasteiger partial charge in [-0.15, -0.1) is 0 Å². The zero-order valence-corrected chi connectivity index (χ0v) is 3.14. The van der Waals surface area contributed by atoms with E-state index in [1.54, 1.807) is 0 Å². The summed E-state index contributed by atoms with van der Waals surface area (Å²) in [6, 6.07) is 0. The second-order valence-corrected chi connectivity index (χ2v) is 0.598. The van der Waals surface area contributed by atoms with Gasteiger partial charge in [0.2, 0.25) is 0 Å². The first-order valence-electron chi connectivity index (χ1n) is 1.19. The summed E-state index contributed by atoms with van der Waals surface area (Å²) in [6.07, 6.45) is 0. The Kier molecular flexibility index (Phi) is 6.61. The third kappa shape index (κ3) is 10.0. The van der Waals surface area contributed by atoms with Crippen LogP contribution in [0.4, 0.5) is 0 Å². The van der Waals surface area contributed by atoms with Gasteiger partial charge < -0.3 is 16.3 Å². The van der Waals surface area contributed by atoms with Crippen molar-refractivity contribution in [2.75, 3.05) is 6.54 Å². The molecule has 0 aliphatic heterocycles. The number of carboxylic acids is 1. The van der Waals surface area contributed by atoms with E-state index in [4.69, 9.17) is 5.11 Å². The van der Waals surface area contributed by atoms with Crippen LogP contribution in [-0.4, -0.2) is 23.1 Å². The van der Waals surface area contributed by atoms with Crippen LogP contribution in [0.15, 0.2) is 0 Å². The van der Waals surface area contributed by atoms with E-state index in [-0.39, 0.29) is 12.0 Å². The highest BCUT2D eigenvalue weighted by Gasteiger charge is 1.81. The monoisotopic (exact) mass is 93.0 g/mol. The molecule has 0 aliphatic carbocycles. The molecule has 0 aromatic rings. The van der Waals surface area contributed by atoms with Crippen LogP contribution in [0, 0.1) is 0 Å². The van der Waals surface area contributed by atoms with Crippen molar-refractivity contribution in [2.45, 2.75) is 0 Å². The van der Waals surface area contributed by atoms with Gasteiger partial charge in [0.05, 0.1) is 6.54 Å². The van der Waals surface area contributed by atoms with Crippen LogP contribution in [0.1, 0.15) is 0 Å². The molecule has 0 spiro atoms. The molecule has 0 aliphatic rings. The molecule has 0 amide bonds. The Bertz CT molecular complexity index is 44.1. The van der Waals surface area contributed by atoms with Gasteiger partial charge in [-0.05, 0) is 0 Å². The zero-order valence-electron chi connectivity index (χ0n) is 3.14. The Labute approximate surface area is 34.9 Å². The summed E-state index contributed by atoms with van der Waals surface area (Å²) in [6.45, 7) is -0.278. The van der Waals surface area contributed by atoms with Crippen LogP contribution < -0.4 is 5.73 Å². The third-order valence-corrected chi connectivity index (χ3v) is 0.175. The highest BCUT2D eigenvalue weighted by atomic mass is 16.4. The van der Waals surface area contributed by atoms with Crippen molar-refractivity contribution in [3.8, 4) is 0 Å². The number of hydrogen-bond acceptors (Lipinski definition) is 2. The van der Waals surface area contributed by atoms with E-state index in [0.717, 1.165) is 0 Å². The zero-order chi connectivity index (χ0) is 4.28. The van der Waals surface area contributed by atoms with Crippen molar-refractivity contribution in [2.24, 2.45) is 5.73 Å². The van der Waals surface area contributed by atoms with Gasteiger partial charge in [-0.3, -0.25) is 4.79 Å². The lowest BCUT2D eigenvalue weighted by atomic mass is 10.7. The summed E-state index contributed by atoms with van der Waals surface area (Å²) in [5.74, 6) is -0.968. The molecule has 0 unspecified atom stereocenters. The van der Waals surface area contributed by atoms with Crippen molar-refractivity contribution >= 4 is 5.97 Å². The number of rotatable bonds is 1. The number of hydrogen-bond donors (Lipinski definition) is 2. The van der Waals surface area contributed by atoms with Crippen LogP contribution in [0.5, 0.6) is 0 Å². The van der Waals surface area contributed by atoms with E-state index in [1.165, 1.54) is 0 Å². The summed E-state index contributed by atoms with van der Waals surface area (Å²) < 4.78 is 0. The summed E-state index contributed by atoms with van der Waals surface area (Å²) in [5.41, 5.74) is 4.57. The second kappa shape index (κ2) is 4.39. The molecule has 0 radical (unpaired) electrons. The Morgan fingerprint density at radius 1 is 1.83 bits per heavy atom. The van der Waals surface area contributed by atoms with E-state index in [9.17, 15) is 4.79 Å². The molecule has 0 heterocycles. The largest absolute Gasteiger partial charge is 0.480 e. The maximum atomic E-state index is 9.24. The van der Waals surface area contributed by atoms with Crippen LogP contribution >= 0.6 is 0 Å². The van der Waals surface area contributed by atoms with Gasteiger partial charge in [-0.1, -0.05) is 0 Å². The molecule has 0 aromatic carbocycles.